The van der Waals surface area contributed by atoms with Crippen LogP contribution in [0.15, 0.2) is 22.7 Å². The van der Waals surface area contributed by atoms with Gasteiger partial charge in [0, 0.05) is 16.0 Å². The van der Waals surface area contributed by atoms with Crippen LogP contribution in [0.4, 0.5) is 4.39 Å². The molecule has 0 spiro atoms. The monoisotopic (exact) mass is 300 g/mol. The van der Waals surface area contributed by atoms with Crippen molar-refractivity contribution in [3.05, 3.63) is 33.5 Å². The SMILES string of the molecule is CC(C)c1nnc(-c2ccc(Br)cc2F)s1. The highest BCUT2D eigenvalue weighted by Crippen LogP contribution is 2.30. The average molecular weight is 301 g/mol. The zero-order valence-electron chi connectivity index (χ0n) is 8.87. The highest BCUT2D eigenvalue weighted by Gasteiger charge is 2.12. The van der Waals surface area contributed by atoms with Crippen molar-refractivity contribution >= 4 is 27.3 Å². The molecule has 0 saturated heterocycles. The van der Waals surface area contributed by atoms with Gasteiger partial charge in [-0.1, -0.05) is 41.1 Å². The molecule has 16 heavy (non-hydrogen) atoms. The van der Waals surface area contributed by atoms with Gasteiger partial charge >= 0.3 is 0 Å². The number of rotatable bonds is 2. The van der Waals surface area contributed by atoms with Gasteiger partial charge in [-0.3, -0.25) is 0 Å². The summed E-state index contributed by atoms with van der Waals surface area (Å²) in [6.45, 7) is 4.09. The van der Waals surface area contributed by atoms with Crippen LogP contribution in [0.5, 0.6) is 0 Å². The lowest BCUT2D eigenvalue weighted by Gasteiger charge is -1.98. The first-order valence-corrected chi connectivity index (χ1v) is 6.47. The highest BCUT2D eigenvalue weighted by molar-refractivity contribution is 9.10. The van der Waals surface area contributed by atoms with Crippen molar-refractivity contribution in [1.82, 2.24) is 10.2 Å². The predicted octanol–water partition coefficient (Wildman–Crippen LogP) is 4.23. The molecule has 0 bridgehead atoms. The molecular weight excluding hydrogens is 291 g/mol. The number of hydrogen-bond donors (Lipinski definition) is 0. The number of halogens is 2. The van der Waals surface area contributed by atoms with E-state index in [9.17, 15) is 4.39 Å². The van der Waals surface area contributed by atoms with Crippen LogP contribution in [0.25, 0.3) is 10.6 Å². The van der Waals surface area contributed by atoms with E-state index in [2.05, 4.69) is 26.1 Å². The van der Waals surface area contributed by atoms with Gasteiger partial charge in [-0.2, -0.15) is 0 Å². The van der Waals surface area contributed by atoms with Gasteiger partial charge in [0.05, 0.1) is 0 Å². The summed E-state index contributed by atoms with van der Waals surface area (Å²) >= 11 is 4.66. The van der Waals surface area contributed by atoms with E-state index in [1.54, 1.807) is 12.1 Å². The molecule has 0 fully saturated rings. The van der Waals surface area contributed by atoms with E-state index in [0.717, 1.165) is 9.48 Å². The standard InChI is InChI=1S/C11H10BrFN2S/c1-6(2)10-14-15-11(16-10)8-4-3-7(12)5-9(8)13/h3-6H,1-2H3. The van der Waals surface area contributed by atoms with Crippen molar-refractivity contribution in [2.24, 2.45) is 0 Å². The predicted molar refractivity (Wildman–Crippen MR) is 67.1 cm³/mol. The Bertz CT molecular complexity index is 510. The normalized spacial score (nSPS) is 11.1. The Balaban J connectivity index is 2.42. The van der Waals surface area contributed by atoms with Crippen molar-refractivity contribution in [2.45, 2.75) is 19.8 Å². The van der Waals surface area contributed by atoms with Crippen molar-refractivity contribution < 1.29 is 4.39 Å². The maximum absolute atomic E-state index is 13.7. The Kier molecular flexibility index (Phi) is 3.35. The Morgan fingerprint density at radius 3 is 2.62 bits per heavy atom. The Morgan fingerprint density at radius 2 is 2.06 bits per heavy atom. The second kappa shape index (κ2) is 4.59. The molecule has 2 nitrogen and oxygen atoms in total. The molecule has 0 atom stereocenters. The first-order chi connectivity index (χ1) is 7.58. The van der Waals surface area contributed by atoms with Gasteiger partial charge < -0.3 is 0 Å². The van der Waals surface area contributed by atoms with Crippen LogP contribution in [0.3, 0.4) is 0 Å². The van der Waals surface area contributed by atoms with Crippen LogP contribution in [-0.4, -0.2) is 10.2 Å². The fourth-order valence-corrected chi connectivity index (χ4v) is 2.45. The van der Waals surface area contributed by atoms with Gasteiger partial charge in [-0.25, -0.2) is 4.39 Å². The van der Waals surface area contributed by atoms with Crippen LogP contribution in [-0.2, 0) is 0 Å². The Labute approximate surface area is 106 Å². The fraction of sp³-hybridized carbons (Fsp3) is 0.273. The topological polar surface area (TPSA) is 25.8 Å². The molecular formula is C11H10BrFN2S. The molecule has 2 aromatic rings. The smallest absolute Gasteiger partial charge is 0.150 e. The summed E-state index contributed by atoms with van der Waals surface area (Å²) in [6.07, 6.45) is 0. The summed E-state index contributed by atoms with van der Waals surface area (Å²) in [4.78, 5) is 0. The summed E-state index contributed by atoms with van der Waals surface area (Å²) in [5, 5.41) is 9.62. The van der Waals surface area contributed by atoms with E-state index in [-0.39, 0.29) is 5.82 Å². The van der Waals surface area contributed by atoms with Crippen LogP contribution in [0.1, 0.15) is 24.8 Å². The summed E-state index contributed by atoms with van der Waals surface area (Å²) in [5.41, 5.74) is 0.507. The van der Waals surface area contributed by atoms with E-state index >= 15 is 0 Å². The summed E-state index contributed by atoms with van der Waals surface area (Å²) in [7, 11) is 0. The number of aromatic nitrogens is 2. The quantitative estimate of drug-likeness (QED) is 0.829. The van der Waals surface area contributed by atoms with Crippen molar-refractivity contribution in [3.63, 3.8) is 0 Å². The number of benzene rings is 1. The van der Waals surface area contributed by atoms with Crippen LogP contribution < -0.4 is 0 Å². The van der Waals surface area contributed by atoms with E-state index in [4.69, 9.17) is 0 Å². The maximum Gasteiger partial charge on any atom is 0.150 e. The van der Waals surface area contributed by atoms with Crippen LogP contribution in [0, 0.1) is 5.82 Å². The zero-order chi connectivity index (χ0) is 11.7. The minimum absolute atomic E-state index is 0.277. The number of nitrogens with zero attached hydrogens (tertiary/aromatic N) is 2. The third-order valence-electron chi connectivity index (χ3n) is 2.10. The largest absolute Gasteiger partial charge is 0.206 e. The molecule has 0 aliphatic heterocycles. The molecule has 0 aliphatic carbocycles. The summed E-state index contributed by atoms with van der Waals surface area (Å²) in [5.74, 6) is 0.0468. The lowest BCUT2D eigenvalue weighted by atomic mass is 10.2. The van der Waals surface area contributed by atoms with Gasteiger partial charge in [0.1, 0.15) is 10.8 Å². The zero-order valence-corrected chi connectivity index (χ0v) is 11.3. The molecule has 0 N–H and O–H groups in total. The van der Waals surface area contributed by atoms with E-state index in [0.29, 0.717) is 16.5 Å². The molecule has 0 unspecified atom stereocenters. The lowest BCUT2D eigenvalue weighted by molar-refractivity contribution is 0.630. The molecule has 0 radical (unpaired) electrons. The van der Waals surface area contributed by atoms with Crippen molar-refractivity contribution in [3.8, 4) is 10.6 Å². The number of hydrogen-bond acceptors (Lipinski definition) is 3. The average Bonchev–Trinajstić information content (AvgIpc) is 2.66. The van der Waals surface area contributed by atoms with Crippen LogP contribution >= 0.6 is 27.3 Å². The minimum atomic E-state index is -0.277. The second-order valence-corrected chi connectivity index (χ2v) is 5.65. The molecule has 0 amide bonds. The lowest BCUT2D eigenvalue weighted by Crippen LogP contribution is -1.84. The molecule has 1 aromatic heterocycles. The molecule has 0 aliphatic rings. The summed E-state index contributed by atoms with van der Waals surface area (Å²) < 4.78 is 14.4. The van der Waals surface area contributed by atoms with E-state index < -0.39 is 0 Å². The molecule has 1 heterocycles. The summed E-state index contributed by atoms with van der Waals surface area (Å²) in [6, 6.07) is 4.95. The Hall–Kier alpha value is -0.810. The van der Waals surface area contributed by atoms with E-state index in [1.165, 1.54) is 17.4 Å². The highest BCUT2D eigenvalue weighted by atomic mass is 79.9. The minimum Gasteiger partial charge on any atom is -0.206 e. The first-order valence-electron chi connectivity index (χ1n) is 4.86. The maximum atomic E-state index is 13.7. The van der Waals surface area contributed by atoms with Gasteiger partial charge in [-0.15, -0.1) is 10.2 Å². The third-order valence-corrected chi connectivity index (χ3v) is 3.85. The van der Waals surface area contributed by atoms with Crippen molar-refractivity contribution in [1.29, 1.82) is 0 Å². The molecule has 5 heteroatoms. The third kappa shape index (κ3) is 2.30. The molecule has 2 rings (SSSR count). The first kappa shape index (κ1) is 11.7. The molecule has 84 valence electrons. The van der Waals surface area contributed by atoms with Gasteiger partial charge in [-0.05, 0) is 18.2 Å². The second-order valence-electron chi connectivity index (χ2n) is 3.72. The van der Waals surface area contributed by atoms with Gasteiger partial charge in [0.2, 0.25) is 0 Å². The van der Waals surface area contributed by atoms with Gasteiger partial charge in [0.25, 0.3) is 0 Å². The van der Waals surface area contributed by atoms with Gasteiger partial charge in [0.15, 0.2) is 5.01 Å². The van der Waals surface area contributed by atoms with Crippen molar-refractivity contribution in [2.75, 3.05) is 0 Å². The Morgan fingerprint density at radius 1 is 1.31 bits per heavy atom. The fourth-order valence-electron chi connectivity index (χ4n) is 1.24. The van der Waals surface area contributed by atoms with E-state index in [1.807, 2.05) is 13.8 Å². The molecule has 0 saturated carbocycles. The van der Waals surface area contributed by atoms with Crippen LogP contribution in [0.2, 0.25) is 0 Å². The molecule has 1 aromatic carbocycles.